The highest BCUT2D eigenvalue weighted by Gasteiger charge is 2.26. The topological polar surface area (TPSA) is 73.9 Å². The van der Waals surface area contributed by atoms with E-state index < -0.39 is 0 Å². The Morgan fingerprint density at radius 2 is 0.596 bits per heavy atom. The Morgan fingerprint density at radius 3 is 0.966 bits per heavy atom. The van der Waals surface area contributed by atoms with Crippen molar-refractivity contribution in [1.29, 1.82) is 0 Å². The number of ether oxygens (including phenoxy) is 6. The number of anilines is 8. The average Bonchev–Trinajstić information content (AvgIpc) is 1.66. The van der Waals surface area contributed by atoms with Crippen LogP contribution in [0.15, 0.2) is 200 Å². The second-order valence-electron chi connectivity index (χ2n) is 20.1. The lowest BCUT2D eigenvalue weighted by atomic mass is 10.1. The molecule has 0 unspecified atom stereocenters. The van der Waals surface area contributed by atoms with Gasteiger partial charge in [-0.2, -0.15) is 0 Å². The molecule has 0 fully saturated rings. The molecule has 89 heavy (non-hydrogen) atoms. The first kappa shape index (κ1) is 59.2. The van der Waals surface area contributed by atoms with Gasteiger partial charge in [0.1, 0.15) is 44.5 Å². The maximum absolute atomic E-state index is 5.52. The van der Waals surface area contributed by atoms with E-state index in [0.29, 0.717) is 0 Å². The van der Waals surface area contributed by atoms with Crippen LogP contribution >= 0.6 is 123 Å². The number of halogens is 2. The summed E-state index contributed by atoms with van der Waals surface area (Å²) in [6, 6.07) is 62.5. The molecule has 8 aromatic heterocycles. The summed E-state index contributed by atoms with van der Waals surface area (Å²) in [4.78, 5) is 4.65. The van der Waals surface area contributed by atoms with Gasteiger partial charge in [-0.3, -0.25) is 0 Å². The Bertz CT molecular complexity index is 5020. The molecule has 1 N–H and O–H groups in total. The SMILES string of the molecule is Brc1cc2c(s1)c1sc(Br)cc1c1c3sccc3sc21.COc1ccc(N(c2ccc(OC)cc2)c2cc3c(s2)c2sc(N(c4ccc(OC)cc4)c4ccc(OC)cc4)cc2c2c4sccc4sc32)cc1.COc1ccc(Nc2ccc(OC)cc2)cc1. The Labute approximate surface area is 561 Å². The van der Waals surface area contributed by atoms with E-state index in [1.54, 1.807) is 42.7 Å². The summed E-state index contributed by atoms with van der Waals surface area (Å²) in [6.45, 7) is 0. The van der Waals surface area contributed by atoms with Gasteiger partial charge in [-0.15, -0.1) is 90.7 Å². The van der Waals surface area contributed by atoms with Crippen LogP contribution in [-0.4, -0.2) is 42.7 Å². The highest BCUT2D eigenvalue weighted by Crippen LogP contribution is 2.56. The number of benzene rings is 8. The lowest BCUT2D eigenvalue weighted by Gasteiger charge is -2.24. The molecule has 0 aliphatic rings. The van der Waals surface area contributed by atoms with Crippen molar-refractivity contribution in [2.75, 3.05) is 57.8 Å². The molecular weight excluding hydrogens is 1400 g/mol. The molecule has 0 saturated carbocycles. The van der Waals surface area contributed by atoms with Gasteiger partial charge in [0.05, 0.1) is 78.4 Å². The largest absolute Gasteiger partial charge is 0.497 e. The molecule has 0 aliphatic carbocycles. The molecule has 0 radical (unpaired) electrons. The zero-order valence-electron chi connectivity index (χ0n) is 48.3. The van der Waals surface area contributed by atoms with Crippen LogP contribution in [0.2, 0.25) is 0 Å². The highest BCUT2D eigenvalue weighted by molar-refractivity contribution is 9.11. The third-order valence-electron chi connectivity index (χ3n) is 15.1. The van der Waals surface area contributed by atoms with Crippen LogP contribution in [0.3, 0.4) is 0 Å². The van der Waals surface area contributed by atoms with Gasteiger partial charge >= 0.3 is 0 Å². The molecule has 0 spiro atoms. The summed E-state index contributed by atoms with van der Waals surface area (Å²) in [5.74, 6) is 4.99. The smallest absolute Gasteiger partial charge is 0.119 e. The average molecular weight is 1450 g/mol. The first-order chi connectivity index (χ1) is 43.6. The van der Waals surface area contributed by atoms with Crippen molar-refractivity contribution in [2.24, 2.45) is 0 Å². The number of fused-ring (bicyclic) bond motifs is 16. The number of methoxy groups -OCH3 is 6. The number of rotatable bonds is 14. The van der Waals surface area contributed by atoms with E-state index in [2.05, 4.69) is 143 Å². The van der Waals surface area contributed by atoms with Gasteiger partial charge < -0.3 is 43.5 Å². The minimum Gasteiger partial charge on any atom is -0.497 e. The lowest BCUT2D eigenvalue weighted by molar-refractivity contribution is 0.414. The van der Waals surface area contributed by atoms with Crippen molar-refractivity contribution in [3.63, 3.8) is 0 Å². The predicted octanol–water partition coefficient (Wildman–Crippen LogP) is 25.0. The minimum absolute atomic E-state index is 0.820. The normalized spacial score (nSPS) is 11.4. The Morgan fingerprint density at radius 1 is 0.303 bits per heavy atom. The fraction of sp³-hybridized carbons (Fsp3) is 0.0857. The van der Waals surface area contributed by atoms with Gasteiger partial charge in [-0.25, -0.2) is 0 Å². The fourth-order valence-electron chi connectivity index (χ4n) is 10.8. The highest BCUT2D eigenvalue weighted by atomic mass is 79.9. The number of thiophene rings is 8. The van der Waals surface area contributed by atoms with E-state index in [1.165, 1.54) is 86.9 Å². The van der Waals surface area contributed by atoms with E-state index in [-0.39, 0.29) is 0 Å². The number of nitrogens with zero attached hydrogens (tertiary/aromatic N) is 2. The van der Waals surface area contributed by atoms with Crippen LogP contribution < -0.4 is 43.5 Å². The van der Waals surface area contributed by atoms with Gasteiger partial charge in [0.2, 0.25) is 0 Å². The zero-order chi connectivity index (χ0) is 60.9. The van der Waals surface area contributed by atoms with Crippen molar-refractivity contribution in [2.45, 2.75) is 0 Å². The molecule has 9 nitrogen and oxygen atoms in total. The maximum Gasteiger partial charge on any atom is 0.119 e. The quantitative estimate of drug-likeness (QED) is 0.115. The molecular formula is C70H51Br2N3O6S8. The minimum atomic E-state index is 0.820. The van der Waals surface area contributed by atoms with E-state index in [4.69, 9.17) is 28.4 Å². The standard InChI is InChI=1S/C42H32N2O4S4.C14H4Br2S4.C14H15NO2/c1-45-29-13-5-25(6-14-29)43(26-7-15-30(46-2)16-8-26)36-23-33-38-39(50-35-21-22-49-42(35)38)34-24-37(52-41(34)40(33)51-36)44(27-9-17-31(47-3)18-10-27)28-11-19-32(48-4)20-12-28;15-8-3-5-10-11(18-7-1-2-17-14(7)10)6-4-9(16)20-13(6)12(5)19-8;1-16-13-7-3-11(4-8-13)15-12-5-9-14(17-2)10-6-12/h5-24H,1-4H3;1-4H;3-10,15H,1-2H3. The van der Waals surface area contributed by atoms with Crippen molar-refractivity contribution in [3.8, 4) is 34.5 Å². The van der Waals surface area contributed by atoms with Crippen molar-refractivity contribution >= 4 is 246 Å². The molecule has 0 atom stereocenters. The van der Waals surface area contributed by atoms with E-state index in [0.717, 1.165) is 78.6 Å². The summed E-state index contributed by atoms with van der Waals surface area (Å²) >= 11 is 22.1. The van der Waals surface area contributed by atoms with Crippen LogP contribution in [0.4, 0.5) is 44.1 Å². The van der Waals surface area contributed by atoms with Crippen LogP contribution in [0.25, 0.3) is 79.3 Å². The zero-order valence-corrected chi connectivity index (χ0v) is 58.0. The van der Waals surface area contributed by atoms with E-state index in [9.17, 15) is 0 Å². The molecule has 444 valence electrons. The monoisotopic (exact) mass is 1440 g/mol. The Hall–Kier alpha value is -7.40. The molecule has 0 saturated heterocycles. The summed E-state index contributed by atoms with van der Waals surface area (Å²) in [5.41, 5.74) is 6.25. The number of hydrogen-bond donors (Lipinski definition) is 1. The lowest BCUT2D eigenvalue weighted by Crippen LogP contribution is -2.08. The second-order valence-corrected chi connectivity index (χ2v) is 31.0. The van der Waals surface area contributed by atoms with Gasteiger partial charge in [0.25, 0.3) is 0 Å². The molecule has 0 aliphatic heterocycles. The summed E-state index contributed by atoms with van der Waals surface area (Å²) in [5, 5.41) is 18.1. The van der Waals surface area contributed by atoms with Crippen LogP contribution in [0.1, 0.15) is 0 Å². The molecule has 8 heterocycles. The predicted molar refractivity (Wildman–Crippen MR) is 396 cm³/mol. The van der Waals surface area contributed by atoms with Crippen molar-refractivity contribution < 1.29 is 28.4 Å². The van der Waals surface area contributed by atoms with E-state index >= 15 is 0 Å². The number of hydrogen-bond acceptors (Lipinski definition) is 17. The first-order valence-electron chi connectivity index (χ1n) is 27.7. The molecule has 0 amide bonds. The van der Waals surface area contributed by atoms with Gasteiger partial charge in [0, 0.05) is 85.2 Å². The first-order valence-corrected chi connectivity index (χ1v) is 35.9. The summed E-state index contributed by atoms with van der Waals surface area (Å²) in [7, 11) is 10.1. The van der Waals surface area contributed by atoms with Crippen LogP contribution in [-0.2, 0) is 0 Å². The van der Waals surface area contributed by atoms with Crippen molar-refractivity contribution in [1.82, 2.24) is 0 Å². The van der Waals surface area contributed by atoms with Gasteiger partial charge in [-0.05, 0) is 225 Å². The van der Waals surface area contributed by atoms with Gasteiger partial charge in [0.15, 0.2) is 0 Å². The van der Waals surface area contributed by atoms with Crippen LogP contribution in [0.5, 0.6) is 34.5 Å². The number of nitrogens with one attached hydrogen (secondary N) is 1. The molecule has 8 aromatic carbocycles. The maximum atomic E-state index is 5.52. The summed E-state index contributed by atoms with van der Waals surface area (Å²) in [6.07, 6.45) is 0. The summed E-state index contributed by atoms with van der Waals surface area (Å²) < 4.78 is 48.3. The van der Waals surface area contributed by atoms with Crippen LogP contribution in [0, 0.1) is 0 Å². The molecule has 19 heteroatoms. The van der Waals surface area contributed by atoms with Crippen molar-refractivity contribution in [3.05, 3.63) is 200 Å². The third-order valence-corrected chi connectivity index (χ3v) is 25.4. The molecule has 16 rings (SSSR count). The fourth-order valence-corrected chi connectivity index (χ4v) is 21.7. The third kappa shape index (κ3) is 11.4. The second kappa shape index (κ2) is 25.5. The van der Waals surface area contributed by atoms with Gasteiger partial charge in [-0.1, -0.05) is 0 Å². The Balaban J connectivity index is 0.000000151. The van der Waals surface area contributed by atoms with E-state index in [1.807, 2.05) is 188 Å². The molecule has 16 aromatic rings. The Kier molecular flexibility index (Phi) is 17.0. The molecule has 0 bridgehead atoms.